The SMILES string of the molecule is O=C(O)C1CN(C(=O)c2cccc(C(F)F)c2F)CCO1. The molecule has 0 radical (unpaired) electrons. The molecular formula is C13H12F3NO4. The molecule has 2 rings (SSSR count). The number of aliphatic carboxylic acids is 1. The third kappa shape index (κ3) is 3.15. The lowest BCUT2D eigenvalue weighted by Gasteiger charge is -2.31. The lowest BCUT2D eigenvalue weighted by atomic mass is 10.1. The van der Waals surface area contributed by atoms with Gasteiger partial charge in [0.25, 0.3) is 12.3 Å². The molecule has 5 nitrogen and oxygen atoms in total. The Labute approximate surface area is 117 Å². The maximum absolute atomic E-state index is 13.9. The van der Waals surface area contributed by atoms with E-state index in [1.807, 2.05) is 0 Å². The second-order valence-electron chi connectivity index (χ2n) is 4.46. The number of carboxylic acids is 1. The zero-order valence-corrected chi connectivity index (χ0v) is 10.8. The molecule has 0 bridgehead atoms. The van der Waals surface area contributed by atoms with Gasteiger partial charge in [0.15, 0.2) is 6.10 Å². The molecule has 1 aromatic rings. The van der Waals surface area contributed by atoms with Crippen molar-refractivity contribution in [3.05, 3.63) is 35.1 Å². The van der Waals surface area contributed by atoms with Gasteiger partial charge < -0.3 is 14.7 Å². The molecule has 0 aromatic heterocycles. The third-order valence-electron chi connectivity index (χ3n) is 3.12. The Morgan fingerprint density at radius 1 is 1.38 bits per heavy atom. The molecule has 21 heavy (non-hydrogen) atoms. The maximum atomic E-state index is 13.9. The summed E-state index contributed by atoms with van der Waals surface area (Å²) in [5.74, 6) is -3.35. The molecule has 1 aliphatic rings. The van der Waals surface area contributed by atoms with Crippen LogP contribution in [0.3, 0.4) is 0 Å². The number of alkyl halides is 2. The Morgan fingerprint density at radius 3 is 2.71 bits per heavy atom. The number of carboxylic acid groups (broad SMARTS) is 1. The fourth-order valence-electron chi connectivity index (χ4n) is 2.04. The predicted molar refractivity (Wildman–Crippen MR) is 64.6 cm³/mol. The smallest absolute Gasteiger partial charge is 0.334 e. The van der Waals surface area contributed by atoms with Crippen LogP contribution in [0, 0.1) is 5.82 Å². The van der Waals surface area contributed by atoms with Gasteiger partial charge in [0, 0.05) is 6.54 Å². The molecule has 1 aliphatic heterocycles. The second kappa shape index (κ2) is 6.13. The van der Waals surface area contributed by atoms with Crippen molar-refractivity contribution in [2.75, 3.05) is 19.7 Å². The van der Waals surface area contributed by atoms with Crippen LogP contribution in [0.4, 0.5) is 13.2 Å². The highest BCUT2D eigenvalue weighted by atomic mass is 19.3. The number of rotatable bonds is 3. The maximum Gasteiger partial charge on any atom is 0.334 e. The van der Waals surface area contributed by atoms with Gasteiger partial charge in [-0.3, -0.25) is 4.79 Å². The fraction of sp³-hybridized carbons (Fsp3) is 0.385. The normalized spacial score (nSPS) is 18.9. The van der Waals surface area contributed by atoms with Gasteiger partial charge in [0.2, 0.25) is 0 Å². The Kier molecular flexibility index (Phi) is 4.46. The minimum absolute atomic E-state index is 0.0150. The minimum atomic E-state index is -3.03. The van der Waals surface area contributed by atoms with Crippen molar-refractivity contribution >= 4 is 11.9 Å². The van der Waals surface area contributed by atoms with Crippen LogP contribution in [0.25, 0.3) is 0 Å². The largest absolute Gasteiger partial charge is 0.479 e. The summed E-state index contributed by atoms with van der Waals surface area (Å²) in [6.45, 7) is -0.202. The molecule has 0 aliphatic carbocycles. The van der Waals surface area contributed by atoms with Crippen molar-refractivity contribution in [1.82, 2.24) is 4.90 Å². The lowest BCUT2D eigenvalue weighted by molar-refractivity contribution is -0.154. The number of benzene rings is 1. The van der Waals surface area contributed by atoms with Crippen molar-refractivity contribution < 1.29 is 32.6 Å². The molecule has 0 saturated carbocycles. The Balaban J connectivity index is 2.24. The summed E-state index contributed by atoms with van der Waals surface area (Å²) in [6.07, 6.45) is -4.24. The first-order valence-electron chi connectivity index (χ1n) is 6.12. The average molecular weight is 303 g/mol. The van der Waals surface area contributed by atoms with Gasteiger partial charge in [-0.1, -0.05) is 12.1 Å². The molecule has 1 heterocycles. The highest BCUT2D eigenvalue weighted by Crippen LogP contribution is 2.25. The molecule has 1 saturated heterocycles. The predicted octanol–water partition coefficient (Wildman–Crippen LogP) is 1.69. The number of amides is 1. The molecule has 0 spiro atoms. The monoisotopic (exact) mass is 303 g/mol. The molecular weight excluding hydrogens is 291 g/mol. The molecule has 1 atom stereocenters. The van der Waals surface area contributed by atoms with Crippen LogP contribution in [-0.4, -0.2) is 47.7 Å². The Morgan fingerprint density at radius 2 is 2.10 bits per heavy atom. The summed E-state index contributed by atoms with van der Waals surface area (Å²) >= 11 is 0. The third-order valence-corrected chi connectivity index (χ3v) is 3.12. The average Bonchev–Trinajstić information content (AvgIpc) is 2.46. The molecule has 1 N–H and O–H groups in total. The number of ether oxygens (including phenoxy) is 1. The number of morpholine rings is 1. The van der Waals surface area contributed by atoms with Gasteiger partial charge in [-0.05, 0) is 6.07 Å². The van der Waals surface area contributed by atoms with E-state index in [9.17, 15) is 22.8 Å². The lowest BCUT2D eigenvalue weighted by Crippen LogP contribution is -2.48. The van der Waals surface area contributed by atoms with Crippen LogP contribution >= 0.6 is 0 Å². The van der Waals surface area contributed by atoms with Crippen molar-refractivity contribution in [3.8, 4) is 0 Å². The van der Waals surface area contributed by atoms with E-state index in [1.165, 1.54) is 0 Å². The summed E-state index contributed by atoms with van der Waals surface area (Å²) in [5.41, 5.74) is -1.36. The van der Waals surface area contributed by atoms with Crippen molar-refractivity contribution in [3.63, 3.8) is 0 Å². The van der Waals surface area contributed by atoms with Gasteiger partial charge in [-0.2, -0.15) is 0 Å². The summed E-state index contributed by atoms with van der Waals surface area (Å²) in [5, 5.41) is 8.84. The van der Waals surface area contributed by atoms with Gasteiger partial charge in [-0.15, -0.1) is 0 Å². The fourth-order valence-corrected chi connectivity index (χ4v) is 2.04. The zero-order chi connectivity index (χ0) is 15.6. The molecule has 1 amide bonds. The first-order chi connectivity index (χ1) is 9.91. The number of halogens is 3. The van der Waals surface area contributed by atoms with E-state index in [0.29, 0.717) is 0 Å². The van der Waals surface area contributed by atoms with Crippen LogP contribution in [-0.2, 0) is 9.53 Å². The molecule has 114 valence electrons. The Bertz CT molecular complexity index is 564. The van der Waals surface area contributed by atoms with Crippen LogP contribution < -0.4 is 0 Å². The molecule has 1 unspecified atom stereocenters. The van der Waals surface area contributed by atoms with E-state index in [-0.39, 0.29) is 19.7 Å². The summed E-state index contributed by atoms with van der Waals surface area (Å²) in [7, 11) is 0. The Hall–Kier alpha value is -2.09. The van der Waals surface area contributed by atoms with Crippen LogP contribution in [0.2, 0.25) is 0 Å². The summed E-state index contributed by atoms with van der Waals surface area (Å²) < 4.78 is 44.1. The van der Waals surface area contributed by atoms with E-state index in [2.05, 4.69) is 0 Å². The van der Waals surface area contributed by atoms with Crippen molar-refractivity contribution in [2.24, 2.45) is 0 Å². The first-order valence-corrected chi connectivity index (χ1v) is 6.12. The number of nitrogens with zero attached hydrogens (tertiary/aromatic N) is 1. The number of carbonyl (C=O) groups is 2. The molecule has 1 fully saturated rings. The van der Waals surface area contributed by atoms with Crippen LogP contribution in [0.1, 0.15) is 22.3 Å². The van der Waals surface area contributed by atoms with E-state index in [0.717, 1.165) is 23.1 Å². The second-order valence-corrected chi connectivity index (χ2v) is 4.46. The standard InChI is InChI=1S/C13H12F3NO4/c14-10-7(11(15)16)2-1-3-8(10)12(18)17-4-5-21-9(6-17)13(19)20/h1-3,9,11H,4-6H2,(H,19,20). The van der Waals surface area contributed by atoms with E-state index in [1.54, 1.807) is 0 Å². The van der Waals surface area contributed by atoms with Gasteiger partial charge in [-0.25, -0.2) is 18.0 Å². The first kappa shape index (κ1) is 15.3. The highest BCUT2D eigenvalue weighted by Gasteiger charge is 2.31. The van der Waals surface area contributed by atoms with Gasteiger partial charge >= 0.3 is 5.97 Å². The van der Waals surface area contributed by atoms with Crippen molar-refractivity contribution in [2.45, 2.75) is 12.5 Å². The highest BCUT2D eigenvalue weighted by molar-refractivity contribution is 5.95. The van der Waals surface area contributed by atoms with Crippen molar-refractivity contribution in [1.29, 1.82) is 0 Å². The topological polar surface area (TPSA) is 66.8 Å². The zero-order valence-electron chi connectivity index (χ0n) is 10.8. The van der Waals surface area contributed by atoms with E-state index >= 15 is 0 Å². The summed E-state index contributed by atoms with van der Waals surface area (Å²) in [6, 6.07) is 3.15. The number of carbonyl (C=O) groups excluding carboxylic acids is 1. The van der Waals surface area contributed by atoms with Crippen LogP contribution in [0.15, 0.2) is 18.2 Å². The van der Waals surface area contributed by atoms with Gasteiger partial charge in [0.05, 0.1) is 24.3 Å². The number of hydrogen-bond donors (Lipinski definition) is 1. The van der Waals surface area contributed by atoms with E-state index in [4.69, 9.17) is 9.84 Å². The quantitative estimate of drug-likeness (QED) is 0.922. The van der Waals surface area contributed by atoms with Crippen LogP contribution in [0.5, 0.6) is 0 Å². The molecule has 8 heteroatoms. The van der Waals surface area contributed by atoms with E-state index < -0.39 is 41.4 Å². The van der Waals surface area contributed by atoms with Gasteiger partial charge in [0.1, 0.15) is 5.82 Å². The number of hydrogen-bond acceptors (Lipinski definition) is 3. The molecule has 1 aromatic carbocycles. The summed E-state index contributed by atoms with van der Waals surface area (Å²) in [4.78, 5) is 24.1. The minimum Gasteiger partial charge on any atom is -0.479 e.